The Bertz CT molecular complexity index is 3970. The monoisotopic (exact) mass is 958 g/mol. The van der Waals surface area contributed by atoms with Crippen LogP contribution in [0.4, 0.5) is 11.4 Å². The molecule has 0 N–H and O–H groups in total. The molecule has 356 valence electrons. The van der Waals surface area contributed by atoms with E-state index < -0.39 is 5.41 Å². The van der Waals surface area contributed by atoms with Crippen LogP contribution in [-0.2, 0) is 5.41 Å². The molecule has 4 unspecified atom stereocenters. The lowest BCUT2D eigenvalue weighted by Gasteiger charge is -2.39. The van der Waals surface area contributed by atoms with Crippen molar-refractivity contribution >= 4 is 33.2 Å². The van der Waals surface area contributed by atoms with Crippen LogP contribution in [0.25, 0.3) is 49.7 Å². The molecule has 11 aromatic rings. The Morgan fingerprint density at radius 1 is 0.347 bits per heavy atom. The van der Waals surface area contributed by atoms with Crippen molar-refractivity contribution in [2.75, 3.05) is 4.90 Å². The van der Waals surface area contributed by atoms with E-state index in [-0.39, 0.29) is 23.8 Å². The van der Waals surface area contributed by atoms with Crippen LogP contribution in [-0.4, -0.2) is 10.6 Å². The lowest BCUT2D eigenvalue weighted by atomic mass is 9.68. The highest BCUT2D eigenvalue weighted by atomic mass is 15.2. The fourth-order valence-electron chi connectivity index (χ4n) is 13.0. The smallest absolute Gasteiger partial charge is 0.0713 e. The first kappa shape index (κ1) is 44.5. The predicted octanol–water partition coefficient (Wildman–Crippen LogP) is 18.2. The molecule has 75 heavy (non-hydrogen) atoms. The van der Waals surface area contributed by atoms with Crippen LogP contribution in [0.15, 0.2) is 303 Å². The highest BCUT2D eigenvalue weighted by Crippen LogP contribution is 2.57. The van der Waals surface area contributed by atoms with Crippen LogP contribution in [0, 0.1) is 0 Å². The van der Waals surface area contributed by atoms with E-state index in [9.17, 15) is 0 Å². The first-order chi connectivity index (χ1) is 37.2. The van der Waals surface area contributed by atoms with Gasteiger partial charge in [0.2, 0.25) is 0 Å². The maximum Gasteiger partial charge on any atom is 0.0713 e. The van der Waals surface area contributed by atoms with Crippen LogP contribution >= 0.6 is 0 Å². The van der Waals surface area contributed by atoms with E-state index >= 15 is 0 Å². The van der Waals surface area contributed by atoms with Crippen LogP contribution < -0.4 is 4.90 Å². The van der Waals surface area contributed by atoms with Crippen molar-refractivity contribution in [2.24, 2.45) is 0 Å². The van der Waals surface area contributed by atoms with Crippen molar-refractivity contribution in [3.63, 3.8) is 0 Å². The van der Waals surface area contributed by atoms with Gasteiger partial charge in [0.15, 0.2) is 0 Å². The SMILES string of the molecule is C1=CC(c2ccccc2)C(c2ccccc2C2C=CC=CC2N(c2ccc(-c3ccc4c(c3)c3ccccc3n4-c3ccccc3)cc2)c2ccc3c(c2)-c2ccccc2C3(c2ccccc2)c2ccccc2)C=C1. The Morgan fingerprint density at radius 3 is 1.61 bits per heavy atom. The van der Waals surface area contributed by atoms with Gasteiger partial charge in [-0.25, -0.2) is 0 Å². The van der Waals surface area contributed by atoms with Gasteiger partial charge in [0.25, 0.3) is 0 Å². The van der Waals surface area contributed by atoms with Crippen molar-refractivity contribution < 1.29 is 0 Å². The van der Waals surface area contributed by atoms with Crippen molar-refractivity contribution in [3.8, 4) is 27.9 Å². The van der Waals surface area contributed by atoms with Gasteiger partial charge in [-0.1, -0.05) is 249 Å². The summed E-state index contributed by atoms with van der Waals surface area (Å²) in [5.41, 5.74) is 19.5. The molecule has 0 spiro atoms. The molecule has 3 aliphatic carbocycles. The Balaban J connectivity index is 0.930. The second-order valence-corrected chi connectivity index (χ2v) is 20.2. The maximum absolute atomic E-state index is 2.61. The molecule has 0 saturated carbocycles. The van der Waals surface area contributed by atoms with Gasteiger partial charge in [0.05, 0.1) is 22.5 Å². The van der Waals surface area contributed by atoms with Gasteiger partial charge in [-0.2, -0.15) is 0 Å². The molecule has 1 heterocycles. The molecule has 0 saturated heterocycles. The summed E-state index contributed by atoms with van der Waals surface area (Å²) in [6.45, 7) is 0. The Labute approximate surface area is 439 Å². The van der Waals surface area contributed by atoms with Crippen LogP contribution in [0.3, 0.4) is 0 Å². The first-order valence-electron chi connectivity index (χ1n) is 26.4. The number of hydrogen-bond acceptors (Lipinski definition) is 1. The maximum atomic E-state index is 2.61. The van der Waals surface area contributed by atoms with Crippen molar-refractivity contribution in [2.45, 2.75) is 29.2 Å². The highest BCUT2D eigenvalue weighted by Gasteiger charge is 2.46. The summed E-state index contributed by atoms with van der Waals surface area (Å²) < 4.78 is 2.39. The van der Waals surface area contributed by atoms with Gasteiger partial charge >= 0.3 is 0 Å². The number of anilines is 2. The van der Waals surface area contributed by atoms with Crippen LogP contribution in [0.5, 0.6) is 0 Å². The summed E-state index contributed by atoms with van der Waals surface area (Å²) in [5.74, 6) is 0.447. The number of hydrogen-bond donors (Lipinski definition) is 0. The number of aromatic nitrogens is 1. The third-order valence-corrected chi connectivity index (χ3v) is 16.3. The van der Waals surface area contributed by atoms with E-state index in [1.165, 1.54) is 83.0 Å². The minimum Gasteiger partial charge on any atom is -0.334 e. The van der Waals surface area contributed by atoms with Gasteiger partial charge in [0.1, 0.15) is 0 Å². The summed E-state index contributed by atoms with van der Waals surface area (Å²) >= 11 is 0. The number of para-hydroxylation sites is 2. The van der Waals surface area contributed by atoms with E-state index in [4.69, 9.17) is 0 Å². The lowest BCUT2D eigenvalue weighted by Crippen LogP contribution is -2.36. The van der Waals surface area contributed by atoms with E-state index in [2.05, 4.69) is 313 Å². The first-order valence-corrected chi connectivity index (χ1v) is 26.4. The van der Waals surface area contributed by atoms with Gasteiger partial charge in [0, 0.05) is 45.6 Å². The number of benzene rings is 10. The van der Waals surface area contributed by atoms with E-state index in [1.807, 2.05) is 0 Å². The molecule has 3 aliphatic rings. The zero-order valence-corrected chi connectivity index (χ0v) is 41.6. The summed E-state index contributed by atoms with van der Waals surface area (Å²) in [6, 6.07) is 94.6. The van der Waals surface area contributed by atoms with Crippen LogP contribution in [0.1, 0.15) is 56.7 Å². The number of nitrogens with zero attached hydrogens (tertiary/aromatic N) is 2. The molecule has 1 aromatic heterocycles. The van der Waals surface area contributed by atoms with Gasteiger partial charge in [-0.05, 0) is 116 Å². The number of allylic oxidation sites excluding steroid dienone is 6. The topological polar surface area (TPSA) is 8.17 Å². The molecule has 0 fully saturated rings. The molecule has 0 amide bonds. The second-order valence-electron chi connectivity index (χ2n) is 20.2. The van der Waals surface area contributed by atoms with E-state index in [0.29, 0.717) is 0 Å². The lowest BCUT2D eigenvalue weighted by molar-refractivity contribution is 0.661. The van der Waals surface area contributed by atoms with Gasteiger partial charge in [-0.3, -0.25) is 0 Å². The molecule has 10 aromatic carbocycles. The Kier molecular flexibility index (Phi) is 11.1. The molecule has 2 nitrogen and oxygen atoms in total. The van der Waals surface area contributed by atoms with Gasteiger partial charge in [-0.15, -0.1) is 0 Å². The Hall–Kier alpha value is -9.24. The summed E-state index contributed by atoms with van der Waals surface area (Å²) in [6.07, 6.45) is 18.6. The standard InChI is InChI=1S/C73H54N2/c1-5-23-52(24-6-1)59-31-13-14-32-60(59)61-33-15-16-34-62(61)64-36-18-21-39-70(64)74(57-44-41-51(42-45-57)53-43-48-72-67(49-53)65-37-19-22-40-71(65)75(72)56-29-11-4-12-30-56)58-46-47-69-66(50-58)63-35-17-20-38-68(63)73(69,54-25-7-2-8-26-54)55-27-9-3-10-28-55/h1-50,59-60,64,70H. The zero-order chi connectivity index (χ0) is 49.7. The molecule has 2 heteroatoms. The molecular weight excluding hydrogens is 905 g/mol. The molecule has 0 radical (unpaired) electrons. The van der Waals surface area contributed by atoms with Crippen molar-refractivity contribution in [1.82, 2.24) is 4.57 Å². The van der Waals surface area contributed by atoms with Gasteiger partial charge < -0.3 is 9.47 Å². The largest absolute Gasteiger partial charge is 0.334 e. The third-order valence-electron chi connectivity index (χ3n) is 16.3. The molecule has 0 aliphatic heterocycles. The number of fused-ring (bicyclic) bond motifs is 6. The fraction of sp³-hybridized carbons (Fsp3) is 0.0685. The average Bonchev–Trinajstić information content (AvgIpc) is 4.06. The second kappa shape index (κ2) is 18.7. The van der Waals surface area contributed by atoms with E-state index in [1.54, 1.807) is 0 Å². The molecule has 0 bridgehead atoms. The molecule has 4 atom stereocenters. The Morgan fingerprint density at radius 2 is 0.880 bits per heavy atom. The quantitative estimate of drug-likeness (QED) is 0.133. The fourth-order valence-corrected chi connectivity index (χ4v) is 13.0. The normalized spacial score (nSPS) is 18.0. The van der Waals surface area contributed by atoms with Crippen molar-refractivity contribution in [1.29, 1.82) is 0 Å². The van der Waals surface area contributed by atoms with Crippen LogP contribution in [0.2, 0.25) is 0 Å². The summed E-state index contributed by atoms with van der Waals surface area (Å²) in [4.78, 5) is 2.61. The molecular formula is C73H54N2. The molecule has 14 rings (SSSR count). The number of rotatable bonds is 10. The summed E-state index contributed by atoms with van der Waals surface area (Å²) in [5, 5.41) is 2.50. The summed E-state index contributed by atoms with van der Waals surface area (Å²) in [7, 11) is 0. The average molecular weight is 959 g/mol. The van der Waals surface area contributed by atoms with Crippen molar-refractivity contribution in [3.05, 3.63) is 342 Å². The zero-order valence-electron chi connectivity index (χ0n) is 41.6. The predicted molar refractivity (Wildman–Crippen MR) is 314 cm³/mol. The van der Waals surface area contributed by atoms with E-state index in [0.717, 1.165) is 17.1 Å². The third kappa shape index (κ3) is 7.39. The minimum absolute atomic E-state index is 0.0409. The minimum atomic E-state index is -0.486. The highest BCUT2D eigenvalue weighted by molar-refractivity contribution is 6.10.